The summed E-state index contributed by atoms with van der Waals surface area (Å²) in [5.41, 5.74) is 1.02. The molecule has 0 fully saturated rings. The predicted molar refractivity (Wildman–Crippen MR) is 64.9 cm³/mol. The summed E-state index contributed by atoms with van der Waals surface area (Å²) in [7, 11) is 1.87. The summed E-state index contributed by atoms with van der Waals surface area (Å²) in [6.45, 7) is 2.80. The van der Waals surface area contributed by atoms with Crippen molar-refractivity contribution in [2.24, 2.45) is 0 Å². The number of halogens is 1. The van der Waals surface area contributed by atoms with Crippen LogP contribution in [0, 0.1) is 6.92 Å². The molecule has 3 nitrogen and oxygen atoms in total. The maximum Gasteiger partial charge on any atom is 0.203 e. The molecule has 2 heterocycles. The van der Waals surface area contributed by atoms with E-state index in [0.29, 0.717) is 0 Å². The van der Waals surface area contributed by atoms with Gasteiger partial charge in [0, 0.05) is 18.1 Å². The molecule has 80 valence electrons. The van der Waals surface area contributed by atoms with Crippen molar-refractivity contribution in [2.75, 3.05) is 12.4 Å². The summed E-state index contributed by atoms with van der Waals surface area (Å²) in [6, 6.07) is 3.96. The molecule has 5 heteroatoms. The zero-order valence-corrected chi connectivity index (χ0v) is 10.2. The second-order valence-electron chi connectivity index (χ2n) is 3.29. The smallest absolute Gasteiger partial charge is 0.203 e. The zero-order valence-electron chi connectivity index (χ0n) is 8.62. The third-order valence-corrected chi connectivity index (χ3v) is 3.29. The van der Waals surface area contributed by atoms with Gasteiger partial charge in [0.2, 0.25) is 5.95 Å². The SMILES string of the molecule is CNc1nc(C)cn1Cc1ccc(Cl)s1. The topological polar surface area (TPSA) is 29.9 Å². The summed E-state index contributed by atoms with van der Waals surface area (Å²) in [5, 5.41) is 3.07. The molecule has 0 aliphatic carbocycles. The van der Waals surface area contributed by atoms with Crippen LogP contribution >= 0.6 is 22.9 Å². The monoisotopic (exact) mass is 241 g/mol. The van der Waals surface area contributed by atoms with Gasteiger partial charge in [-0.15, -0.1) is 11.3 Å². The second-order valence-corrected chi connectivity index (χ2v) is 5.09. The molecule has 0 spiro atoms. The van der Waals surface area contributed by atoms with E-state index in [2.05, 4.69) is 14.9 Å². The Morgan fingerprint density at radius 3 is 2.93 bits per heavy atom. The summed E-state index contributed by atoms with van der Waals surface area (Å²) in [5.74, 6) is 0.886. The van der Waals surface area contributed by atoms with Crippen molar-refractivity contribution >= 4 is 28.9 Å². The number of imidazole rings is 1. The highest BCUT2D eigenvalue weighted by Gasteiger charge is 2.05. The van der Waals surface area contributed by atoms with Crippen LogP contribution in [-0.4, -0.2) is 16.6 Å². The zero-order chi connectivity index (χ0) is 10.8. The first-order chi connectivity index (χ1) is 7.19. The maximum atomic E-state index is 5.88. The van der Waals surface area contributed by atoms with Gasteiger partial charge < -0.3 is 9.88 Å². The lowest BCUT2D eigenvalue weighted by Gasteiger charge is -2.04. The predicted octanol–water partition coefficient (Wildman–Crippen LogP) is 3.00. The van der Waals surface area contributed by atoms with Crippen molar-refractivity contribution in [3.05, 3.63) is 33.2 Å². The van der Waals surface area contributed by atoms with Crippen LogP contribution < -0.4 is 5.32 Å². The van der Waals surface area contributed by atoms with E-state index in [9.17, 15) is 0 Å². The summed E-state index contributed by atoms with van der Waals surface area (Å²) in [4.78, 5) is 5.59. The van der Waals surface area contributed by atoms with E-state index >= 15 is 0 Å². The third-order valence-electron chi connectivity index (χ3n) is 2.08. The molecular formula is C10H12ClN3S. The van der Waals surface area contributed by atoms with E-state index in [1.54, 1.807) is 11.3 Å². The number of rotatable bonds is 3. The maximum absolute atomic E-state index is 5.88. The number of anilines is 1. The fourth-order valence-corrected chi connectivity index (χ4v) is 2.56. The lowest BCUT2D eigenvalue weighted by Crippen LogP contribution is -2.02. The average Bonchev–Trinajstić information content (AvgIpc) is 2.73. The Labute approximate surface area is 97.7 Å². The van der Waals surface area contributed by atoms with E-state index in [0.717, 1.165) is 22.5 Å². The van der Waals surface area contributed by atoms with Crippen LogP contribution in [0.4, 0.5) is 5.95 Å². The third kappa shape index (κ3) is 2.33. The van der Waals surface area contributed by atoms with E-state index < -0.39 is 0 Å². The van der Waals surface area contributed by atoms with Gasteiger partial charge in [-0.3, -0.25) is 0 Å². The van der Waals surface area contributed by atoms with E-state index in [1.165, 1.54) is 4.88 Å². The Morgan fingerprint density at radius 2 is 2.33 bits per heavy atom. The number of thiophene rings is 1. The van der Waals surface area contributed by atoms with Crippen molar-refractivity contribution in [2.45, 2.75) is 13.5 Å². The molecule has 0 aromatic carbocycles. The lowest BCUT2D eigenvalue weighted by atomic mass is 10.4. The van der Waals surface area contributed by atoms with E-state index in [4.69, 9.17) is 11.6 Å². The first kappa shape index (κ1) is 10.5. The minimum atomic E-state index is 0.814. The highest BCUT2D eigenvalue weighted by molar-refractivity contribution is 7.16. The Bertz CT molecular complexity index is 461. The molecule has 0 saturated carbocycles. The molecule has 0 bridgehead atoms. The normalized spacial score (nSPS) is 10.6. The van der Waals surface area contributed by atoms with Crippen molar-refractivity contribution in [3.8, 4) is 0 Å². The van der Waals surface area contributed by atoms with E-state index in [1.807, 2.05) is 32.3 Å². The minimum Gasteiger partial charge on any atom is -0.359 e. The molecule has 2 aromatic heterocycles. The number of nitrogens with zero attached hydrogens (tertiary/aromatic N) is 2. The first-order valence-electron chi connectivity index (χ1n) is 4.65. The summed E-state index contributed by atoms with van der Waals surface area (Å²) in [6.07, 6.45) is 2.03. The molecule has 15 heavy (non-hydrogen) atoms. The van der Waals surface area contributed by atoms with Crippen LogP contribution in [0.2, 0.25) is 4.34 Å². The molecule has 0 atom stereocenters. The Hall–Kier alpha value is -1.000. The minimum absolute atomic E-state index is 0.814. The first-order valence-corrected chi connectivity index (χ1v) is 5.84. The van der Waals surface area contributed by atoms with Crippen molar-refractivity contribution < 1.29 is 0 Å². The Balaban J connectivity index is 2.23. The molecule has 0 aliphatic heterocycles. The van der Waals surface area contributed by atoms with Gasteiger partial charge in [0.15, 0.2) is 0 Å². The molecule has 2 rings (SSSR count). The van der Waals surface area contributed by atoms with Crippen molar-refractivity contribution in [3.63, 3.8) is 0 Å². The molecule has 0 aliphatic rings. The lowest BCUT2D eigenvalue weighted by molar-refractivity contribution is 0.817. The quantitative estimate of drug-likeness (QED) is 0.896. The van der Waals surface area contributed by atoms with Crippen LogP contribution in [0.1, 0.15) is 10.6 Å². The number of aromatic nitrogens is 2. The molecule has 0 unspecified atom stereocenters. The fourth-order valence-electron chi connectivity index (χ4n) is 1.47. The molecule has 1 N–H and O–H groups in total. The van der Waals surface area contributed by atoms with Crippen molar-refractivity contribution in [1.29, 1.82) is 0 Å². The Kier molecular flexibility index (Phi) is 2.98. The largest absolute Gasteiger partial charge is 0.359 e. The van der Waals surface area contributed by atoms with Gasteiger partial charge in [0.25, 0.3) is 0 Å². The number of nitrogens with one attached hydrogen (secondary N) is 1. The Morgan fingerprint density at radius 1 is 1.53 bits per heavy atom. The van der Waals surface area contributed by atoms with Gasteiger partial charge in [0.05, 0.1) is 16.6 Å². The molecule has 0 radical (unpaired) electrons. The van der Waals surface area contributed by atoms with Crippen LogP contribution in [0.5, 0.6) is 0 Å². The van der Waals surface area contributed by atoms with Gasteiger partial charge in [-0.25, -0.2) is 4.98 Å². The van der Waals surface area contributed by atoms with Gasteiger partial charge in [-0.05, 0) is 19.1 Å². The van der Waals surface area contributed by atoms with Crippen molar-refractivity contribution in [1.82, 2.24) is 9.55 Å². The highest BCUT2D eigenvalue weighted by atomic mass is 35.5. The second kappa shape index (κ2) is 4.24. The van der Waals surface area contributed by atoms with Crippen LogP contribution in [0.3, 0.4) is 0 Å². The van der Waals surface area contributed by atoms with E-state index in [-0.39, 0.29) is 0 Å². The molecule has 2 aromatic rings. The molecule has 0 saturated heterocycles. The van der Waals surface area contributed by atoms with Gasteiger partial charge in [-0.2, -0.15) is 0 Å². The van der Waals surface area contributed by atoms with Gasteiger partial charge in [0.1, 0.15) is 0 Å². The van der Waals surface area contributed by atoms with Gasteiger partial charge in [-0.1, -0.05) is 11.6 Å². The van der Waals surface area contributed by atoms with Crippen LogP contribution in [0.15, 0.2) is 18.3 Å². The molecular weight excluding hydrogens is 230 g/mol. The number of hydrogen-bond donors (Lipinski definition) is 1. The van der Waals surface area contributed by atoms with Gasteiger partial charge >= 0.3 is 0 Å². The van der Waals surface area contributed by atoms with Crippen LogP contribution in [-0.2, 0) is 6.54 Å². The highest BCUT2D eigenvalue weighted by Crippen LogP contribution is 2.23. The number of hydrogen-bond acceptors (Lipinski definition) is 3. The summed E-state index contributed by atoms with van der Waals surface area (Å²) >= 11 is 7.48. The number of aryl methyl sites for hydroxylation is 1. The summed E-state index contributed by atoms with van der Waals surface area (Å²) < 4.78 is 2.91. The van der Waals surface area contributed by atoms with Crippen LogP contribution in [0.25, 0.3) is 0 Å². The molecule has 0 amide bonds. The standard InChI is InChI=1S/C10H12ClN3S/c1-7-5-14(10(12-2)13-7)6-8-3-4-9(11)15-8/h3-5H,6H2,1-2H3,(H,12,13). The average molecular weight is 242 g/mol. The fraction of sp³-hybridized carbons (Fsp3) is 0.300.